The molecule has 0 fully saturated rings. The SMILES string of the molecule is Fc1ccc(CC(Br)c2cc3c(s2)CCCC3)cc1. The number of hydrogen-bond acceptors (Lipinski definition) is 1. The minimum absolute atomic E-state index is 0.165. The van der Waals surface area contributed by atoms with Crippen molar-refractivity contribution < 1.29 is 4.39 Å². The molecule has 0 saturated carbocycles. The van der Waals surface area contributed by atoms with Crippen molar-refractivity contribution in [3.8, 4) is 0 Å². The van der Waals surface area contributed by atoms with Crippen LogP contribution in [-0.2, 0) is 19.3 Å². The van der Waals surface area contributed by atoms with E-state index in [1.165, 1.54) is 48.3 Å². The Morgan fingerprint density at radius 1 is 1.16 bits per heavy atom. The number of thiophene rings is 1. The molecular weight excluding hydrogens is 323 g/mol. The zero-order chi connectivity index (χ0) is 13.2. The maximum Gasteiger partial charge on any atom is 0.123 e. The Balaban J connectivity index is 1.74. The highest BCUT2D eigenvalue weighted by Crippen LogP contribution is 2.37. The average Bonchev–Trinajstić information content (AvgIpc) is 2.85. The van der Waals surface area contributed by atoms with Crippen molar-refractivity contribution in [1.82, 2.24) is 0 Å². The normalized spacial score (nSPS) is 16.1. The smallest absolute Gasteiger partial charge is 0.123 e. The van der Waals surface area contributed by atoms with E-state index in [9.17, 15) is 4.39 Å². The standard InChI is InChI=1S/C16H16BrFS/c17-14(9-11-5-7-13(18)8-6-11)16-10-12-3-1-2-4-15(12)19-16/h5-8,10,14H,1-4,9H2. The van der Waals surface area contributed by atoms with Gasteiger partial charge in [0.15, 0.2) is 0 Å². The van der Waals surface area contributed by atoms with Gasteiger partial charge in [-0.15, -0.1) is 11.3 Å². The molecule has 3 heteroatoms. The highest BCUT2D eigenvalue weighted by molar-refractivity contribution is 9.09. The van der Waals surface area contributed by atoms with Crippen LogP contribution in [0, 0.1) is 5.82 Å². The number of rotatable bonds is 3. The van der Waals surface area contributed by atoms with Gasteiger partial charge in [0.05, 0.1) is 4.83 Å². The molecule has 0 nitrogen and oxygen atoms in total. The summed E-state index contributed by atoms with van der Waals surface area (Å²) in [4.78, 5) is 3.33. The molecule has 3 rings (SSSR count). The van der Waals surface area contributed by atoms with E-state index in [4.69, 9.17) is 0 Å². The minimum atomic E-state index is -0.165. The Kier molecular flexibility index (Phi) is 4.04. The van der Waals surface area contributed by atoms with Gasteiger partial charge in [-0.3, -0.25) is 0 Å². The number of hydrogen-bond donors (Lipinski definition) is 0. The fourth-order valence-corrected chi connectivity index (χ4v) is 4.62. The van der Waals surface area contributed by atoms with E-state index in [0.717, 1.165) is 6.42 Å². The molecule has 100 valence electrons. The van der Waals surface area contributed by atoms with E-state index >= 15 is 0 Å². The molecular formula is C16H16BrFS. The summed E-state index contributed by atoms with van der Waals surface area (Å²) in [5.41, 5.74) is 2.73. The summed E-state index contributed by atoms with van der Waals surface area (Å²) < 4.78 is 12.9. The van der Waals surface area contributed by atoms with Crippen LogP contribution in [0.3, 0.4) is 0 Å². The summed E-state index contributed by atoms with van der Waals surface area (Å²) in [6, 6.07) is 9.18. The lowest BCUT2D eigenvalue weighted by Gasteiger charge is -2.08. The first-order valence-electron chi connectivity index (χ1n) is 6.72. The fourth-order valence-electron chi connectivity index (χ4n) is 2.60. The van der Waals surface area contributed by atoms with Crippen LogP contribution in [0.25, 0.3) is 0 Å². The molecule has 0 aliphatic heterocycles. The molecule has 0 spiro atoms. The van der Waals surface area contributed by atoms with Crippen molar-refractivity contribution in [3.05, 3.63) is 57.0 Å². The van der Waals surface area contributed by atoms with Gasteiger partial charge in [-0.1, -0.05) is 28.1 Å². The molecule has 1 atom stereocenters. The molecule has 0 N–H and O–H groups in total. The number of aryl methyl sites for hydroxylation is 2. The molecule has 1 aromatic carbocycles. The lowest BCUT2D eigenvalue weighted by molar-refractivity contribution is 0.627. The highest BCUT2D eigenvalue weighted by atomic mass is 79.9. The van der Waals surface area contributed by atoms with Crippen LogP contribution >= 0.6 is 27.3 Å². The number of alkyl halides is 1. The van der Waals surface area contributed by atoms with E-state index in [0.29, 0.717) is 4.83 Å². The molecule has 1 heterocycles. The lowest BCUT2D eigenvalue weighted by Crippen LogP contribution is -1.96. The molecule has 2 aromatic rings. The minimum Gasteiger partial charge on any atom is -0.207 e. The molecule has 19 heavy (non-hydrogen) atoms. The van der Waals surface area contributed by atoms with E-state index < -0.39 is 0 Å². The third-order valence-corrected chi connectivity index (χ3v) is 6.12. The lowest BCUT2D eigenvalue weighted by atomic mass is 9.99. The van der Waals surface area contributed by atoms with Crippen molar-refractivity contribution in [2.45, 2.75) is 36.9 Å². The summed E-state index contributed by atoms with van der Waals surface area (Å²) >= 11 is 5.73. The summed E-state index contributed by atoms with van der Waals surface area (Å²) in [6.07, 6.45) is 6.06. The van der Waals surface area contributed by atoms with Gasteiger partial charge in [0.2, 0.25) is 0 Å². The largest absolute Gasteiger partial charge is 0.207 e. The van der Waals surface area contributed by atoms with Crippen LogP contribution < -0.4 is 0 Å². The Bertz CT molecular complexity index is 535. The second kappa shape index (κ2) is 5.76. The first-order valence-corrected chi connectivity index (χ1v) is 8.45. The van der Waals surface area contributed by atoms with E-state index in [1.807, 2.05) is 23.5 Å². The van der Waals surface area contributed by atoms with Crippen LogP contribution in [0.1, 0.15) is 38.6 Å². The van der Waals surface area contributed by atoms with Gasteiger partial charge in [-0.2, -0.15) is 0 Å². The number of fused-ring (bicyclic) bond motifs is 1. The van der Waals surface area contributed by atoms with Gasteiger partial charge in [-0.05, 0) is 61.4 Å². The zero-order valence-corrected chi connectivity index (χ0v) is 13.1. The monoisotopic (exact) mass is 338 g/mol. The molecule has 1 unspecified atom stereocenters. The molecule has 0 bridgehead atoms. The zero-order valence-electron chi connectivity index (χ0n) is 10.7. The number of benzene rings is 1. The van der Waals surface area contributed by atoms with E-state index in [2.05, 4.69) is 22.0 Å². The quantitative estimate of drug-likeness (QED) is 0.653. The first-order chi connectivity index (χ1) is 9.22. The van der Waals surface area contributed by atoms with Crippen LogP contribution in [0.2, 0.25) is 0 Å². The van der Waals surface area contributed by atoms with E-state index in [-0.39, 0.29) is 5.82 Å². The second-order valence-corrected chi connectivity index (χ2v) is 7.38. The summed E-state index contributed by atoms with van der Waals surface area (Å²) in [7, 11) is 0. The number of halogens is 2. The van der Waals surface area contributed by atoms with Crippen molar-refractivity contribution >= 4 is 27.3 Å². The third kappa shape index (κ3) is 3.09. The summed E-state index contributed by atoms with van der Waals surface area (Å²) in [5, 5.41) is 0. The average molecular weight is 339 g/mol. The topological polar surface area (TPSA) is 0 Å². The predicted octanol–water partition coefficient (Wildman–Crippen LogP) is 5.44. The summed E-state index contributed by atoms with van der Waals surface area (Å²) in [6.45, 7) is 0. The maximum atomic E-state index is 12.9. The van der Waals surface area contributed by atoms with Gasteiger partial charge < -0.3 is 0 Å². The fraction of sp³-hybridized carbons (Fsp3) is 0.375. The van der Waals surface area contributed by atoms with Gasteiger partial charge in [0, 0.05) is 9.75 Å². The van der Waals surface area contributed by atoms with Gasteiger partial charge in [-0.25, -0.2) is 4.39 Å². The molecule has 1 aromatic heterocycles. The second-order valence-electron chi connectivity index (χ2n) is 5.10. The van der Waals surface area contributed by atoms with Gasteiger partial charge in [0.25, 0.3) is 0 Å². The Morgan fingerprint density at radius 3 is 2.63 bits per heavy atom. The van der Waals surface area contributed by atoms with Crippen LogP contribution in [-0.4, -0.2) is 0 Å². The van der Waals surface area contributed by atoms with Gasteiger partial charge >= 0.3 is 0 Å². The van der Waals surface area contributed by atoms with Crippen LogP contribution in [0.15, 0.2) is 30.3 Å². The van der Waals surface area contributed by atoms with Crippen molar-refractivity contribution in [1.29, 1.82) is 0 Å². The van der Waals surface area contributed by atoms with Gasteiger partial charge in [0.1, 0.15) is 5.82 Å². The molecule has 1 aliphatic rings. The highest BCUT2D eigenvalue weighted by Gasteiger charge is 2.17. The Hall–Kier alpha value is -0.670. The predicted molar refractivity (Wildman–Crippen MR) is 82.7 cm³/mol. The van der Waals surface area contributed by atoms with Crippen molar-refractivity contribution in [2.24, 2.45) is 0 Å². The van der Waals surface area contributed by atoms with Crippen molar-refractivity contribution in [3.63, 3.8) is 0 Å². The first kappa shape index (κ1) is 13.3. The molecule has 1 aliphatic carbocycles. The molecule has 0 radical (unpaired) electrons. The third-order valence-electron chi connectivity index (χ3n) is 3.65. The Morgan fingerprint density at radius 2 is 1.89 bits per heavy atom. The maximum absolute atomic E-state index is 12.9. The van der Waals surface area contributed by atoms with Crippen LogP contribution in [0.5, 0.6) is 0 Å². The molecule has 0 amide bonds. The van der Waals surface area contributed by atoms with E-state index in [1.54, 1.807) is 10.4 Å². The molecule has 0 saturated heterocycles. The van der Waals surface area contributed by atoms with Crippen LogP contribution in [0.4, 0.5) is 4.39 Å². The Labute approximate surface area is 125 Å². The summed E-state index contributed by atoms with van der Waals surface area (Å²) in [5.74, 6) is -0.165. The van der Waals surface area contributed by atoms with Crippen molar-refractivity contribution in [2.75, 3.05) is 0 Å².